The van der Waals surface area contributed by atoms with E-state index in [0.717, 1.165) is 12.8 Å². The summed E-state index contributed by atoms with van der Waals surface area (Å²) in [6.45, 7) is 15.7. The van der Waals surface area contributed by atoms with Crippen molar-refractivity contribution < 1.29 is 9.53 Å². The number of hydrogen-bond acceptors (Lipinski definition) is 3. The fraction of sp³-hybridized carbons (Fsp3) is 0.938. The highest BCUT2D eigenvalue weighted by Crippen LogP contribution is 2.25. The Morgan fingerprint density at radius 3 is 1.95 bits per heavy atom. The molecule has 0 unspecified atom stereocenters. The molecule has 2 N–H and O–H groups in total. The zero-order valence-corrected chi connectivity index (χ0v) is 13.9. The molecule has 0 fully saturated rings. The van der Waals surface area contributed by atoms with Crippen LogP contribution in [0, 0.1) is 10.8 Å². The second kappa shape index (κ2) is 6.85. The number of rotatable bonds is 8. The summed E-state index contributed by atoms with van der Waals surface area (Å²) in [5.41, 5.74) is 5.33. The summed E-state index contributed by atoms with van der Waals surface area (Å²) in [6, 6.07) is 0. The molecular weight excluding hydrogens is 238 g/mol. The maximum absolute atomic E-state index is 11.9. The smallest absolute Gasteiger partial charge is 0.138 e. The molecule has 0 aromatic heterocycles. The second-order valence-corrected chi connectivity index (χ2v) is 7.90. The fourth-order valence-corrected chi connectivity index (χ4v) is 1.57. The van der Waals surface area contributed by atoms with Gasteiger partial charge >= 0.3 is 0 Å². The summed E-state index contributed by atoms with van der Waals surface area (Å²) in [6.07, 6.45) is 2.29. The molecule has 19 heavy (non-hydrogen) atoms. The van der Waals surface area contributed by atoms with Crippen molar-refractivity contribution in [2.45, 2.75) is 73.3 Å². The van der Waals surface area contributed by atoms with E-state index in [2.05, 4.69) is 27.7 Å². The predicted octanol–water partition coefficient (Wildman–Crippen LogP) is 3.55. The molecular formula is C16H33NO2. The van der Waals surface area contributed by atoms with Gasteiger partial charge in [0.2, 0.25) is 0 Å². The summed E-state index contributed by atoms with van der Waals surface area (Å²) >= 11 is 0. The van der Waals surface area contributed by atoms with Crippen LogP contribution >= 0.6 is 0 Å². The van der Waals surface area contributed by atoms with Gasteiger partial charge in [-0.2, -0.15) is 0 Å². The Labute approximate surface area is 119 Å². The van der Waals surface area contributed by atoms with Gasteiger partial charge in [-0.05, 0) is 38.6 Å². The minimum atomic E-state index is -0.252. The third kappa shape index (κ3) is 8.38. The van der Waals surface area contributed by atoms with Gasteiger partial charge < -0.3 is 10.5 Å². The van der Waals surface area contributed by atoms with E-state index >= 15 is 0 Å². The Morgan fingerprint density at radius 2 is 1.53 bits per heavy atom. The molecule has 114 valence electrons. The van der Waals surface area contributed by atoms with Gasteiger partial charge in [-0.25, -0.2) is 0 Å². The zero-order valence-electron chi connectivity index (χ0n) is 13.9. The molecule has 0 radical (unpaired) electrons. The first-order valence-electron chi connectivity index (χ1n) is 7.27. The molecule has 0 spiro atoms. The van der Waals surface area contributed by atoms with E-state index < -0.39 is 0 Å². The number of ether oxygens (including phenoxy) is 1. The molecule has 0 saturated heterocycles. The molecule has 0 bridgehead atoms. The lowest BCUT2D eigenvalue weighted by molar-refractivity contribution is -0.128. The Balaban J connectivity index is 4.10. The summed E-state index contributed by atoms with van der Waals surface area (Å²) in [7, 11) is 0. The van der Waals surface area contributed by atoms with Crippen LogP contribution in [0.2, 0.25) is 0 Å². The number of nitrogens with two attached hydrogens (primary N) is 1. The van der Waals surface area contributed by atoms with Gasteiger partial charge in [0.25, 0.3) is 0 Å². The quantitative estimate of drug-likeness (QED) is 0.734. The van der Waals surface area contributed by atoms with Crippen molar-refractivity contribution in [3.63, 3.8) is 0 Å². The van der Waals surface area contributed by atoms with E-state index in [1.54, 1.807) is 0 Å². The average molecular weight is 271 g/mol. The summed E-state index contributed by atoms with van der Waals surface area (Å²) in [4.78, 5) is 11.9. The van der Waals surface area contributed by atoms with Crippen molar-refractivity contribution in [2.24, 2.45) is 16.6 Å². The van der Waals surface area contributed by atoms with E-state index in [-0.39, 0.29) is 16.4 Å². The van der Waals surface area contributed by atoms with Crippen molar-refractivity contribution in [2.75, 3.05) is 13.2 Å². The molecule has 0 saturated carbocycles. The normalized spacial score (nSPS) is 13.7. The highest BCUT2D eigenvalue weighted by Gasteiger charge is 2.26. The van der Waals surface area contributed by atoms with Crippen LogP contribution in [-0.4, -0.2) is 24.5 Å². The lowest BCUT2D eigenvalue weighted by atomic mass is 9.86. The van der Waals surface area contributed by atoms with Crippen molar-refractivity contribution >= 4 is 5.78 Å². The van der Waals surface area contributed by atoms with Crippen LogP contribution < -0.4 is 5.73 Å². The molecule has 0 amide bonds. The molecule has 0 heterocycles. The van der Waals surface area contributed by atoms with Gasteiger partial charge in [0.05, 0.1) is 5.60 Å². The summed E-state index contributed by atoms with van der Waals surface area (Å²) in [5.74, 6) is 0.298. The molecule has 0 rings (SSSR count). The molecule has 3 nitrogen and oxygen atoms in total. The number of carbonyl (C=O) groups excluding carboxylic acids is 1. The first-order valence-corrected chi connectivity index (χ1v) is 7.27. The Bertz CT molecular complexity index is 288. The van der Waals surface area contributed by atoms with Gasteiger partial charge in [0.15, 0.2) is 0 Å². The maximum atomic E-state index is 11.9. The topological polar surface area (TPSA) is 52.3 Å². The van der Waals surface area contributed by atoms with Gasteiger partial charge in [-0.1, -0.05) is 34.6 Å². The van der Waals surface area contributed by atoms with Gasteiger partial charge in [0, 0.05) is 18.4 Å². The predicted molar refractivity (Wildman–Crippen MR) is 81.2 cm³/mol. The van der Waals surface area contributed by atoms with Crippen LogP contribution in [0.3, 0.4) is 0 Å². The van der Waals surface area contributed by atoms with Gasteiger partial charge in [-0.15, -0.1) is 0 Å². The van der Waals surface area contributed by atoms with E-state index in [1.165, 1.54) is 0 Å². The highest BCUT2D eigenvalue weighted by atomic mass is 16.5. The Kier molecular flexibility index (Phi) is 6.70. The van der Waals surface area contributed by atoms with Gasteiger partial charge in [0.1, 0.15) is 5.78 Å². The molecule has 0 aliphatic carbocycles. The summed E-state index contributed by atoms with van der Waals surface area (Å²) in [5, 5.41) is 0. The minimum absolute atomic E-state index is 0.122. The molecule has 0 aromatic rings. The SMILES string of the molecule is CC(C)(CN)CCOC(C)(C)CCC(=O)C(C)(C)C. The number of Topliss-reactive ketones (excluding diaryl/α,β-unsaturated/α-hetero) is 1. The first-order chi connectivity index (χ1) is 8.40. The number of carbonyl (C=O) groups is 1. The highest BCUT2D eigenvalue weighted by molar-refractivity contribution is 5.83. The second-order valence-electron chi connectivity index (χ2n) is 7.90. The van der Waals surface area contributed by atoms with E-state index in [0.29, 0.717) is 25.4 Å². The standard InChI is InChI=1S/C16H33NO2/c1-14(2,3)13(18)8-9-16(6,7)19-11-10-15(4,5)12-17/h8-12,17H2,1-7H3. The molecule has 3 heteroatoms. The Morgan fingerprint density at radius 1 is 1.00 bits per heavy atom. The molecule has 0 aliphatic rings. The lowest BCUT2D eigenvalue weighted by Gasteiger charge is -2.29. The maximum Gasteiger partial charge on any atom is 0.138 e. The third-order valence-corrected chi connectivity index (χ3v) is 3.61. The van der Waals surface area contributed by atoms with Crippen LogP contribution in [0.4, 0.5) is 0 Å². The van der Waals surface area contributed by atoms with Crippen LogP contribution in [0.1, 0.15) is 67.7 Å². The van der Waals surface area contributed by atoms with Crippen molar-refractivity contribution in [1.82, 2.24) is 0 Å². The average Bonchev–Trinajstić information content (AvgIpc) is 2.24. The number of hydrogen-bond donors (Lipinski definition) is 1. The van der Waals surface area contributed by atoms with Crippen molar-refractivity contribution in [1.29, 1.82) is 0 Å². The van der Waals surface area contributed by atoms with E-state index in [1.807, 2.05) is 20.8 Å². The Hall–Kier alpha value is -0.410. The minimum Gasteiger partial charge on any atom is -0.376 e. The van der Waals surface area contributed by atoms with Crippen LogP contribution in [0.15, 0.2) is 0 Å². The molecule has 0 aliphatic heterocycles. The molecule has 0 atom stereocenters. The van der Waals surface area contributed by atoms with E-state index in [9.17, 15) is 4.79 Å². The largest absolute Gasteiger partial charge is 0.376 e. The third-order valence-electron chi connectivity index (χ3n) is 3.61. The monoisotopic (exact) mass is 271 g/mol. The molecule has 0 aromatic carbocycles. The van der Waals surface area contributed by atoms with Crippen LogP contribution in [0.5, 0.6) is 0 Å². The summed E-state index contributed by atoms with van der Waals surface area (Å²) < 4.78 is 5.92. The zero-order chi connectivity index (χ0) is 15.3. The van der Waals surface area contributed by atoms with Crippen molar-refractivity contribution in [3.05, 3.63) is 0 Å². The van der Waals surface area contributed by atoms with Gasteiger partial charge in [-0.3, -0.25) is 4.79 Å². The fourth-order valence-electron chi connectivity index (χ4n) is 1.57. The first kappa shape index (κ1) is 18.6. The van der Waals surface area contributed by atoms with E-state index in [4.69, 9.17) is 10.5 Å². The lowest BCUT2D eigenvalue weighted by Crippen LogP contribution is -2.31. The van der Waals surface area contributed by atoms with Crippen molar-refractivity contribution in [3.8, 4) is 0 Å². The number of ketones is 1. The van der Waals surface area contributed by atoms with Crippen LogP contribution in [0.25, 0.3) is 0 Å². The van der Waals surface area contributed by atoms with Crippen LogP contribution in [-0.2, 0) is 9.53 Å².